The molecule has 72 valence electrons. The lowest BCUT2D eigenvalue weighted by molar-refractivity contribution is -0.109. The van der Waals surface area contributed by atoms with E-state index in [0.29, 0.717) is 6.42 Å². The van der Waals surface area contributed by atoms with Gasteiger partial charge in [-0.25, -0.2) is 5.43 Å². The molecule has 0 saturated carbocycles. The van der Waals surface area contributed by atoms with Gasteiger partial charge in [-0.1, -0.05) is 12.1 Å². The first-order valence-corrected chi connectivity index (χ1v) is 4.65. The Morgan fingerprint density at radius 3 is 3.21 bits per heavy atom. The summed E-state index contributed by atoms with van der Waals surface area (Å²) in [5, 5.41) is 1.92. The number of para-hydroxylation sites is 2. The van der Waals surface area contributed by atoms with Gasteiger partial charge in [0.1, 0.15) is 12.0 Å². The number of fused-ring (bicyclic) bond motifs is 3. The fraction of sp³-hybridized carbons (Fsp3) is 0.300. The second kappa shape index (κ2) is 2.72. The van der Waals surface area contributed by atoms with Crippen molar-refractivity contribution in [2.75, 3.05) is 5.01 Å². The minimum Gasteiger partial charge on any atom is -0.467 e. The summed E-state index contributed by atoms with van der Waals surface area (Å²) in [6.45, 7) is 0. The van der Waals surface area contributed by atoms with Crippen molar-refractivity contribution in [2.45, 2.75) is 18.7 Å². The van der Waals surface area contributed by atoms with Crippen molar-refractivity contribution in [1.29, 1.82) is 0 Å². The molecule has 4 nitrogen and oxygen atoms in total. The Bertz CT molecular complexity index is 380. The van der Waals surface area contributed by atoms with Crippen LogP contribution in [0.1, 0.15) is 6.42 Å². The highest BCUT2D eigenvalue weighted by Crippen LogP contribution is 2.39. The Balaban J connectivity index is 1.95. The van der Waals surface area contributed by atoms with Gasteiger partial charge in [-0.2, -0.15) is 0 Å². The van der Waals surface area contributed by atoms with Crippen molar-refractivity contribution < 1.29 is 9.53 Å². The Morgan fingerprint density at radius 1 is 1.50 bits per heavy atom. The number of rotatable bonds is 1. The molecular formula is C10H10N2O2. The first kappa shape index (κ1) is 7.82. The molecule has 1 saturated heterocycles. The molecule has 1 N–H and O–H groups in total. The molecule has 3 rings (SSSR count). The number of nitrogens with zero attached hydrogens (tertiary/aromatic N) is 1. The predicted octanol–water partition coefficient (Wildman–Crippen LogP) is 0.687. The Labute approximate surface area is 81.4 Å². The largest absolute Gasteiger partial charge is 0.467 e. The number of ether oxygens (including phenoxy) is 1. The van der Waals surface area contributed by atoms with E-state index in [9.17, 15) is 4.79 Å². The SMILES string of the molecule is O=CC1CC2Oc3ccccc3N2N1. The van der Waals surface area contributed by atoms with Crippen LogP contribution in [0.4, 0.5) is 5.69 Å². The second-order valence-electron chi connectivity index (χ2n) is 3.52. The van der Waals surface area contributed by atoms with E-state index in [1.807, 2.05) is 29.3 Å². The number of benzene rings is 1. The first-order valence-electron chi connectivity index (χ1n) is 4.65. The predicted molar refractivity (Wildman–Crippen MR) is 50.9 cm³/mol. The van der Waals surface area contributed by atoms with Crippen LogP contribution >= 0.6 is 0 Å². The third-order valence-electron chi connectivity index (χ3n) is 2.60. The molecule has 0 radical (unpaired) electrons. The molecule has 0 aromatic heterocycles. The molecule has 0 bridgehead atoms. The van der Waals surface area contributed by atoms with E-state index in [1.165, 1.54) is 0 Å². The summed E-state index contributed by atoms with van der Waals surface area (Å²) in [5.41, 5.74) is 4.11. The molecule has 2 heterocycles. The van der Waals surface area contributed by atoms with E-state index < -0.39 is 0 Å². The van der Waals surface area contributed by atoms with Crippen LogP contribution in [-0.2, 0) is 4.79 Å². The summed E-state index contributed by atoms with van der Waals surface area (Å²) in [7, 11) is 0. The monoisotopic (exact) mass is 190 g/mol. The van der Waals surface area contributed by atoms with Crippen LogP contribution < -0.4 is 15.2 Å². The van der Waals surface area contributed by atoms with E-state index in [1.54, 1.807) is 0 Å². The normalized spacial score (nSPS) is 28.1. The van der Waals surface area contributed by atoms with Gasteiger partial charge >= 0.3 is 0 Å². The second-order valence-corrected chi connectivity index (χ2v) is 3.52. The van der Waals surface area contributed by atoms with Crippen LogP contribution in [0.2, 0.25) is 0 Å². The first-order chi connectivity index (χ1) is 6.88. The Hall–Kier alpha value is -1.55. The number of carbonyl (C=O) groups is 1. The van der Waals surface area contributed by atoms with Crippen LogP contribution in [0, 0.1) is 0 Å². The lowest BCUT2D eigenvalue weighted by Gasteiger charge is -2.15. The highest BCUT2D eigenvalue weighted by Gasteiger charge is 2.39. The van der Waals surface area contributed by atoms with Gasteiger partial charge in [0.05, 0.1) is 11.7 Å². The molecular weight excluding hydrogens is 180 g/mol. The topological polar surface area (TPSA) is 41.6 Å². The van der Waals surface area contributed by atoms with E-state index in [4.69, 9.17) is 4.74 Å². The highest BCUT2D eigenvalue weighted by molar-refractivity contribution is 5.66. The summed E-state index contributed by atoms with van der Waals surface area (Å²) < 4.78 is 5.67. The smallest absolute Gasteiger partial charge is 0.187 e. The Kier molecular flexibility index (Phi) is 1.52. The maximum Gasteiger partial charge on any atom is 0.187 e. The van der Waals surface area contributed by atoms with E-state index >= 15 is 0 Å². The number of anilines is 1. The standard InChI is InChI=1S/C10H10N2O2/c13-6-7-5-10-12(11-7)8-3-1-2-4-9(8)14-10/h1-4,6-7,10-11H,5H2. The van der Waals surface area contributed by atoms with Crippen LogP contribution in [0.3, 0.4) is 0 Å². The van der Waals surface area contributed by atoms with Gasteiger partial charge in [0.15, 0.2) is 6.23 Å². The molecule has 0 amide bonds. The molecule has 4 heteroatoms. The zero-order chi connectivity index (χ0) is 9.54. The van der Waals surface area contributed by atoms with Crippen LogP contribution in [0.5, 0.6) is 5.75 Å². The van der Waals surface area contributed by atoms with Crippen molar-refractivity contribution in [3.8, 4) is 5.75 Å². The fourth-order valence-corrected chi connectivity index (χ4v) is 1.95. The third-order valence-corrected chi connectivity index (χ3v) is 2.60. The van der Waals surface area contributed by atoms with Crippen LogP contribution in [-0.4, -0.2) is 18.6 Å². The lowest BCUT2D eigenvalue weighted by atomic mass is 10.2. The molecule has 1 aromatic rings. The number of hydrogen-bond donors (Lipinski definition) is 1. The third kappa shape index (κ3) is 0.943. The number of hydrogen-bond acceptors (Lipinski definition) is 4. The molecule has 2 unspecified atom stereocenters. The quantitative estimate of drug-likeness (QED) is 0.661. The minimum atomic E-state index is -0.117. The molecule has 2 aliphatic rings. The highest BCUT2D eigenvalue weighted by atomic mass is 16.5. The van der Waals surface area contributed by atoms with Crippen LogP contribution in [0.25, 0.3) is 0 Å². The van der Waals surface area contributed by atoms with Gasteiger partial charge in [0.2, 0.25) is 0 Å². The van der Waals surface area contributed by atoms with Gasteiger partial charge in [-0.05, 0) is 12.1 Å². The summed E-state index contributed by atoms with van der Waals surface area (Å²) in [4.78, 5) is 10.6. The zero-order valence-corrected chi connectivity index (χ0v) is 7.51. The average Bonchev–Trinajstić information content (AvgIpc) is 2.73. The Morgan fingerprint density at radius 2 is 2.36 bits per heavy atom. The summed E-state index contributed by atoms with van der Waals surface area (Å²) in [6, 6.07) is 7.70. The summed E-state index contributed by atoms with van der Waals surface area (Å²) in [5.74, 6) is 0.884. The van der Waals surface area contributed by atoms with Crippen molar-refractivity contribution in [2.24, 2.45) is 0 Å². The van der Waals surface area contributed by atoms with Gasteiger partial charge in [0.25, 0.3) is 0 Å². The minimum absolute atomic E-state index is 0.0254. The number of hydrazine groups is 1. The molecule has 14 heavy (non-hydrogen) atoms. The molecule has 0 spiro atoms. The lowest BCUT2D eigenvalue weighted by Crippen LogP contribution is -2.38. The molecule has 0 aliphatic carbocycles. The van der Waals surface area contributed by atoms with Crippen LogP contribution in [0.15, 0.2) is 24.3 Å². The maximum atomic E-state index is 10.6. The maximum absolute atomic E-state index is 10.6. The van der Waals surface area contributed by atoms with Gasteiger partial charge in [-0.3, -0.25) is 5.01 Å². The van der Waals surface area contributed by atoms with E-state index in [-0.39, 0.29) is 12.3 Å². The number of carbonyl (C=O) groups excluding carboxylic acids is 1. The van der Waals surface area contributed by atoms with E-state index in [0.717, 1.165) is 17.7 Å². The molecule has 1 aromatic carbocycles. The van der Waals surface area contributed by atoms with E-state index in [2.05, 4.69) is 5.43 Å². The van der Waals surface area contributed by atoms with Crippen molar-refractivity contribution in [3.05, 3.63) is 24.3 Å². The van der Waals surface area contributed by atoms with Gasteiger partial charge < -0.3 is 9.53 Å². The average molecular weight is 190 g/mol. The number of aldehydes is 1. The molecule has 1 fully saturated rings. The van der Waals surface area contributed by atoms with Crippen molar-refractivity contribution in [3.63, 3.8) is 0 Å². The van der Waals surface area contributed by atoms with Crippen molar-refractivity contribution in [1.82, 2.24) is 5.43 Å². The summed E-state index contributed by atoms with van der Waals surface area (Å²) in [6.07, 6.45) is 1.60. The van der Waals surface area contributed by atoms with Gasteiger partial charge in [0, 0.05) is 6.42 Å². The zero-order valence-electron chi connectivity index (χ0n) is 7.51. The molecule has 2 atom stereocenters. The fourth-order valence-electron chi connectivity index (χ4n) is 1.95. The summed E-state index contributed by atoms with van der Waals surface area (Å²) >= 11 is 0. The molecule has 2 aliphatic heterocycles. The van der Waals surface area contributed by atoms with Crippen molar-refractivity contribution >= 4 is 12.0 Å². The van der Waals surface area contributed by atoms with Gasteiger partial charge in [-0.15, -0.1) is 0 Å². The number of nitrogens with one attached hydrogen (secondary N) is 1.